The molecule has 0 saturated carbocycles. The molecule has 27 heavy (non-hydrogen) atoms. The molecule has 1 heterocycles. The van der Waals surface area contributed by atoms with E-state index in [1.165, 1.54) is 0 Å². The molecule has 0 fully saturated rings. The van der Waals surface area contributed by atoms with Gasteiger partial charge in [0.25, 0.3) is 0 Å². The molecule has 6 heteroatoms. The van der Waals surface area contributed by atoms with E-state index in [0.717, 1.165) is 11.3 Å². The lowest BCUT2D eigenvalue weighted by Gasteiger charge is -2.16. The molecule has 1 N–H and O–H groups in total. The minimum atomic E-state index is -3.75. The summed E-state index contributed by atoms with van der Waals surface area (Å²) in [5, 5.41) is 2.88. The molecular weight excluding hydrogens is 360 g/mol. The summed E-state index contributed by atoms with van der Waals surface area (Å²) in [6, 6.07) is 6.82. The summed E-state index contributed by atoms with van der Waals surface area (Å²) in [6.07, 6.45) is 1.06. The van der Waals surface area contributed by atoms with Gasteiger partial charge in [-0.2, -0.15) is 0 Å². The van der Waals surface area contributed by atoms with E-state index in [9.17, 15) is 13.2 Å². The van der Waals surface area contributed by atoms with Crippen LogP contribution in [0.3, 0.4) is 0 Å². The SMILES string of the molecule is CCCC(=O)Nc1c(S(=O)(=O)c2ccc(C)cc2)c(C)c(C)n1CC(C)C. The van der Waals surface area contributed by atoms with Crippen molar-refractivity contribution in [2.45, 2.75) is 70.7 Å². The van der Waals surface area contributed by atoms with Gasteiger partial charge >= 0.3 is 0 Å². The van der Waals surface area contributed by atoms with E-state index >= 15 is 0 Å². The molecule has 0 aliphatic carbocycles. The van der Waals surface area contributed by atoms with Gasteiger partial charge in [-0.25, -0.2) is 8.42 Å². The summed E-state index contributed by atoms with van der Waals surface area (Å²) in [7, 11) is -3.75. The lowest BCUT2D eigenvalue weighted by molar-refractivity contribution is -0.116. The minimum absolute atomic E-state index is 0.166. The molecule has 0 unspecified atom stereocenters. The minimum Gasteiger partial charge on any atom is -0.330 e. The highest BCUT2D eigenvalue weighted by molar-refractivity contribution is 7.91. The smallest absolute Gasteiger partial charge is 0.225 e. The van der Waals surface area contributed by atoms with Crippen LogP contribution in [0.25, 0.3) is 0 Å². The summed E-state index contributed by atoms with van der Waals surface area (Å²) >= 11 is 0. The summed E-state index contributed by atoms with van der Waals surface area (Å²) in [6.45, 7) is 12.3. The molecule has 1 aromatic carbocycles. The van der Waals surface area contributed by atoms with Crippen molar-refractivity contribution < 1.29 is 13.2 Å². The van der Waals surface area contributed by atoms with Crippen molar-refractivity contribution in [3.05, 3.63) is 41.1 Å². The van der Waals surface area contributed by atoms with E-state index < -0.39 is 9.84 Å². The van der Waals surface area contributed by atoms with Crippen LogP contribution < -0.4 is 5.32 Å². The Hall–Kier alpha value is -2.08. The lowest BCUT2D eigenvalue weighted by atomic mass is 10.2. The number of hydrogen-bond acceptors (Lipinski definition) is 3. The van der Waals surface area contributed by atoms with E-state index in [1.807, 2.05) is 32.3 Å². The molecule has 1 aromatic heterocycles. The molecule has 0 aliphatic heterocycles. The van der Waals surface area contributed by atoms with Gasteiger partial charge in [0, 0.05) is 18.7 Å². The van der Waals surface area contributed by atoms with Gasteiger partial charge in [0.15, 0.2) is 0 Å². The van der Waals surface area contributed by atoms with E-state index in [0.29, 0.717) is 36.7 Å². The Morgan fingerprint density at radius 3 is 2.22 bits per heavy atom. The molecule has 2 aromatic rings. The van der Waals surface area contributed by atoms with Gasteiger partial charge in [-0.1, -0.05) is 38.5 Å². The number of nitrogens with one attached hydrogen (secondary N) is 1. The zero-order valence-corrected chi connectivity index (χ0v) is 17.9. The van der Waals surface area contributed by atoms with Crippen LogP contribution in [0.1, 0.15) is 50.4 Å². The molecule has 0 spiro atoms. The normalized spacial score (nSPS) is 11.8. The highest BCUT2D eigenvalue weighted by Gasteiger charge is 2.30. The first-order valence-corrected chi connectivity index (χ1v) is 10.9. The zero-order chi connectivity index (χ0) is 20.4. The summed E-state index contributed by atoms with van der Waals surface area (Å²) in [4.78, 5) is 12.8. The Morgan fingerprint density at radius 1 is 1.11 bits per heavy atom. The first-order chi connectivity index (χ1) is 12.6. The second-order valence-corrected chi connectivity index (χ2v) is 9.39. The second kappa shape index (κ2) is 8.30. The molecule has 5 nitrogen and oxygen atoms in total. The maximum absolute atomic E-state index is 13.4. The lowest BCUT2D eigenvalue weighted by Crippen LogP contribution is -2.18. The van der Waals surface area contributed by atoms with Gasteiger partial charge in [0.2, 0.25) is 15.7 Å². The average molecular weight is 391 g/mol. The van der Waals surface area contributed by atoms with Crippen LogP contribution in [0.5, 0.6) is 0 Å². The number of aryl methyl sites for hydroxylation is 1. The van der Waals surface area contributed by atoms with Gasteiger partial charge in [-0.3, -0.25) is 4.79 Å². The van der Waals surface area contributed by atoms with Crippen molar-refractivity contribution in [3.63, 3.8) is 0 Å². The molecule has 0 aliphatic rings. The van der Waals surface area contributed by atoms with Gasteiger partial charge < -0.3 is 9.88 Å². The molecular formula is C21H30N2O3S. The van der Waals surface area contributed by atoms with Gasteiger partial charge in [-0.05, 0) is 50.8 Å². The van der Waals surface area contributed by atoms with Crippen molar-refractivity contribution in [2.75, 3.05) is 5.32 Å². The van der Waals surface area contributed by atoms with Crippen molar-refractivity contribution in [3.8, 4) is 0 Å². The predicted molar refractivity (Wildman–Crippen MR) is 109 cm³/mol. The number of hydrogen-bond donors (Lipinski definition) is 1. The Kier molecular flexibility index (Phi) is 6.52. The molecule has 2 rings (SSSR count). The molecule has 0 radical (unpaired) electrons. The number of benzene rings is 1. The Balaban J connectivity index is 2.70. The van der Waals surface area contributed by atoms with Crippen molar-refractivity contribution in [1.29, 1.82) is 0 Å². The van der Waals surface area contributed by atoms with Gasteiger partial charge in [0.1, 0.15) is 10.7 Å². The van der Waals surface area contributed by atoms with Gasteiger partial charge in [0.05, 0.1) is 4.90 Å². The summed E-state index contributed by atoms with van der Waals surface area (Å²) < 4.78 is 28.8. The van der Waals surface area contributed by atoms with E-state index in [-0.39, 0.29) is 15.7 Å². The Labute approximate surface area is 162 Å². The highest BCUT2D eigenvalue weighted by atomic mass is 32.2. The van der Waals surface area contributed by atoms with E-state index in [2.05, 4.69) is 19.2 Å². The highest BCUT2D eigenvalue weighted by Crippen LogP contribution is 2.36. The monoisotopic (exact) mass is 390 g/mol. The topological polar surface area (TPSA) is 68.2 Å². The quantitative estimate of drug-likeness (QED) is 0.749. The second-order valence-electron chi connectivity index (χ2n) is 7.51. The van der Waals surface area contributed by atoms with Crippen molar-refractivity contribution >= 4 is 21.6 Å². The third-order valence-corrected chi connectivity index (χ3v) is 6.59. The number of rotatable bonds is 7. The van der Waals surface area contributed by atoms with E-state index in [1.54, 1.807) is 24.3 Å². The van der Waals surface area contributed by atoms with Crippen LogP contribution in [0.4, 0.5) is 5.82 Å². The number of carbonyl (C=O) groups excluding carboxylic acids is 1. The summed E-state index contributed by atoms with van der Waals surface area (Å²) in [5.74, 6) is 0.533. The number of sulfone groups is 1. The van der Waals surface area contributed by atoms with Crippen LogP contribution in [-0.2, 0) is 21.2 Å². The number of aromatic nitrogens is 1. The van der Waals surface area contributed by atoms with Gasteiger partial charge in [-0.15, -0.1) is 0 Å². The van der Waals surface area contributed by atoms with Crippen LogP contribution in [0.15, 0.2) is 34.1 Å². The largest absolute Gasteiger partial charge is 0.330 e. The number of amides is 1. The van der Waals surface area contributed by atoms with Crippen LogP contribution in [0.2, 0.25) is 0 Å². The Bertz CT molecular complexity index is 923. The summed E-state index contributed by atoms with van der Waals surface area (Å²) in [5.41, 5.74) is 2.54. The maximum Gasteiger partial charge on any atom is 0.225 e. The van der Waals surface area contributed by atoms with Crippen LogP contribution in [0, 0.1) is 26.7 Å². The maximum atomic E-state index is 13.4. The Morgan fingerprint density at radius 2 is 1.70 bits per heavy atom. The zero-order valence-electron chi connectivity index (χ0n) is 17.1. The van der Waals surface area contributed by atoms with Crippen LogP contribution >= 0.6 is 0 Å². The number of nitrogens with zero attached hydrogens (tertiary/aromatic N) is 1. The fourth-order valence-corrected chi connectivity index (χ4v) is 4.83. The molecule has 0 atom stereocenters. The third-order valence-electron chi connectivity index (χ3n) is 4.66. The fourth-order valence-electron chi connectivity index (χ4n) is 3.14. The number of carbonyl (C=O) groups is 1. The first-order valence-electron chi connectivity index (χ1n) is 9.40. The predicted octanol–water partition coefficient (Wildman–Crippen LogP) is 4.64. The molecule has 0 saturated heterocycles. The molecule has 148 valence electrons. The number of anilines is 1. The fraction of sp³-hybridized carbons (Fsp3) is 0.476. The van der Waals surface area contributed by atoms with Crippen LogP contribution in [-0.4, -0.2) is 18.9 Å². The standard InChI is InChI=1S/C21H30N2O3S/c1-7-8-19(24)22-21-20(16(5)17(6)23(21)13-14(2)3)27(25,26)18-11-9-15(4)10-12-18/h9-12,14H,7-8,13H2,1-6H3,(H,22,24). The third kappa shape index (κ3) is 4.43. The van der Waals surface area contributed by atoms with E-state index in [4.69, 9.17) is 0 Å². The first kappa shape index (κ1) is 21.2. The molecule has 1 amide bonds. The molecule has 0 bridgehead atoms. The van der Waals surface area contributed by atoms with Crippen molar-refractivity contribution in [1.82, 2.24) is 4.57 Å². The van der Waals surface area contributed by atoms with Crippen molar-refractivity contribution in [2.24, 2.45) is 5.92 Å². The average Bonchev–Trinajstić information content (AvgIpc) is 2.80.